The number of carbonyl (C=O) groups excluding carboxylic acids is 3. The number of rotatable bonds is 7. The minimum atomic E-state index is -0.651. The van der Waals surface area contributed by atoms with Crippen LogP contribution in [0.5, 0.6) is 5.75 Å². The first-order chi connectivity index (χ1) is 16.9. The molecule has 35 heavy (non-hydrogen) atoms. The molecule has 3 amide bonds. The third kappa shape index (κ3) is 5.66. The largest absolute Gasteiger partial charge is 0.496 e. The minimum absolute atomic E-state index is 0.0687. The minimum Gasteiger partial charge on any atom is -0.496 e. The number of nitrogens with one attached hydrogen (secondary N) is 1. The van der Waals surface area contributed by atoms with Crippen molar-refractivity contribution >= 4 is 23.4 Å². The number of hydrogen-bond donors (Lipinski definition) is 1. The van der Waals surface area contributed by atoms with Crippen LogP contribution in [0.4, 0.5) is 5.69 Å². The van der Waals surface area contributed by atoms with E-state index in [1.54, 1.807) is 31.4 Å². The number of benzene rings is 2. The van der Waals surface area contributed by atoms with Gasteiger partial charge in [0.15, 0.2) is 0 Å². The zero-order chi connectivity index (χ0) is 24.9. The van der Waals surface area contributed by atoms with E-state index in [4.69, 9.17) is 4.74 Å². The van der Waals surface area contributed by atoms with E-state index in [9.17, 15) is 14.4 Å². The van der Waals surface area contributed by atoms with Gasteiger partial charge >= 0.3 is 0 Å². The normalized spacial score (nSPS) is 20.3. The molecule has 0 saturated carbocycles. The first-order valence-electron chi connectivity index (χ1n) is 12.5. The summed E-state index contributed by atoms with van der Waals surface area (Å²) in [6.07, 6.45) is 3.33. The number of fused-ring (bicyclic) bond motifs is 1. The highest BCUT2D eigenvalue weighted by Gasteiger charge is 2.36. The van der Waals surface area contributed by atoms with Crippen LogP contribution in [0.15, 0.2) is 48.5 Å². The molecule has 2 unspecified atom stereocenters. The van der Waals surface area contributed by atoms with Crippen molar-refractivity contribution in [2.24, 2.45) is 11.8 Å². The molecule has 7 nitrogen and oxygen atoms in total. The Balaban J connectivity index is 1.51. The average molecular weight is 478 g/mol. The highest BCUT2D eigenvalue weighted by molar-refractivity contribution is 6.12. The lowest BCUT2D eigenvalue weighted by atomic mass is 9.91. The summed E-state index contributed by atoms with van der Waals surface area (Å²) in [6, 6.07) is 14.4. The summed E-state index contributed by atoms with van der Waals surface area (Å²) in [5, 5.41) is 2.88. The van der Waals surface area contributed by atoms with E-state index in [0.29, 0.717) is 36.7 Å². The highest BCUT2D eigenvalue weighted by atomic mass is 16.5. The summed E-state index contributed by atoms with van der Waals surface area (Å²) < 4.78 is 5.51. The number of para-hydroxylation sites is 2. The molecule has 0 bridgehead atoms. The van der Waals surface area contributed by atoms with E-state index < -0.39 is 6.04 Å². The zero-order valence-electron chi connectivity index (χ0n) is 20.8. The molecule has 1 saturated heterocycles. The molecule has 7 heteroatoms. The van der Waals surface area contributed by atoms with Crippen LogP contribution >= 0.6 is 0 Å². The second kappa shape index (κ2) is 10.9. The number of likely N-dealkylation sites (tertiary alicyclic amines) is 1. The summed E-state index contributed by atoms with van der Waals surface area (Å²) >= 11 is 0. The van der Waals surface area contributed by atoms with Crippen molar-refractivity contribution in [2.75, 3.05) is 31.6 Å². The smallest absolute Gasteiger partial charge is 0.254 e. The van der Waals surface area contributed by atoms with Gasteiger partial charge in [-0.15, -0.1) is 0 Å². The van der Waals surface area contributed by atoms with Crippen molar-refractivity contribution in [3.8, 4) is 5.75 Å². The Morgan fingerprint density at radius 3 is 2.63 bits per heavy atom. The Bertz CT molecular complexity index is 1080. The van der Waals surface area contributed by atoms with E-state index >= 15 is 0 Å². The van der Waals surface area contributed by atoms with E-state index in [-0.39, 0.29) is 30.2 Å². The molecule has 2 aromatic rings. The molecule has 0 radical (unpaired) electrons. The molecule has 0 aromatic heterocycles. The van der Waals surface area contributed by atoms with E-state index in [1.165, 1.54) is 4.90 Å². The van der Waals surface area contributed by atoms with Gasteiger partial charge in [0.1, 0.15) is 18.3 Å². The van der Waals surface area contributed by atoms with Gasteiger partial charge in [-0.2, -0.15) is 0 Å². The van der Waals surface area contributed by atoms with Gasteiger partial charge in [0, 0.05) is 13.1 Å². The number of piperidine rings is 1. The molecule has 2 aliphatic heterocycles. The molecular formula is C28H35N3O4. The SMILES string of the molecule is COc1ccccc1CC1CCCN(C(=O)CN2C(=O)C(CC(C)C)NC(=O)c3ccccc32)C1. The summed E-state index contributed by atoms with van der Waals surface area (Å²) in [5.74, 6) is 0.831. The van der Waals surface area contributed by atoms with Gasteiger partial charge in [-0.3, -0.25) is 14.4 Å². The maximum Gasteiger partial charge on any atom is 0.254 e. The summed E-state index contributed by atoms with van der Waals surface area (Å²) in [4.78, 5) is 43.2. The van der Waals surface area contributed by atoms with Crippen molar-refractivity contribution in [2.45, 2.75) is 45.6 Å². The van der Waals surface area contributed by atoms with Crippen molar-refractivity contribution < 1.29 is 19.1 Å². The maximum absolute atomic E-state index is 13.5. The van der Waals surface area contributed by atoms with Gasteiger partial charge < -0.3 is 19.9 Å². The monoisotopic (exact) mass is 477 g/mol. The number of amides is 3. The number of methoxy groups -OCH3 is 1. The molecule has 4 rings (SSSR count). The summed E-state index contributed by atoms with van der Waals surface area (Å²) in [6.45, 7) is 5.29. The molecule has 2 aliphatic rings. The molecule has 2 aromatic carbocycles. The quantitative estimate of drug-likeness (QED) is 0.660. The summed E-state index contributed by atoms with van der Waals surface area (Å²) in [5.41, 5.74) is 2.07. The third-order valence-corrected chi connectivity index (χ3v) is 6.88. The van der Waals surface area contributed by atoms with Gasteiger partial charge in [-0.05, 0) is 61.3 Å². The molecule has 0 spiro atoms. The fraction of sp³-hybridized carbons (Fsp3) is 0.464. The van der Waals surface area contributed by atoms with Crippen molar-refractivity contribution in [1.82, 2.24) is 10.2 Å². The number of anilines is 1. The molecule has 2 heterocycles. The maximum atomic E-state index is 13.5. The second-order valence-corrected chi connectivity index (χ2v) is 9.96. The van der Waals surface area contributed by atoms with Gasteiger partial charge in [-0.1, -0.05) is 44.2 Å². The highest BCUT2D eigenvalue weighted by Crippen LogP contribution is 2.28. The topological polar surface area (TPSA) is 79.0 Å². The van der Waals surface area contributed by atoms with Crippen LogP contribution in [-0.4, -0.2) is 55.4 Å². The van der Waals surface area contributed by atoms with Crippen LogP contribution in [0.25, 0.3) is 0 Å². The van der Waals surface area contributed by atoms with Crippen LogP contribution < -0.4 is 15.0 Å². The Kier molecular flexibility index (Phi) is 7.73. The molecule has 2 atom stereocenters. The average Bonchev–Trinajstić information content (AvgIpc) is 2.95. The summed E-state index contributed by atoms with van der Waals surface area (Å²) in [7, 11) is 1.68. The lowest BCUT2D eigenvalue weighted by Gasteiger charge is -2.35. The van der Waals surface area contributed by atoms with E-state index in [1.807, 2.05) is 36.9 Å². The van der Waals surface area contributed by atoms with Gasteiger partial charge in [0.05, 0.1) is 18.4 Å². The third-order valence-electron chi connectivity index (χ3n) is 6.88. The first kappa shape index (κ1) is 24.8. The Morgan fingerprint density at radius 2 is 1.86 bits per heavy atom. The van der Waals surface area contributed by atoms with Crippen molar-refractivity contribution in [1.29, 1.82) is 0 Å². The van der Waals surface area contributed by atoms with E-state index in [2.05, 4.69) is 11.4 Å². The predicted octanol–water partition coefficient (Wildman–Crippen LogP) is 3.67. The number of nitrogens with zero attached hydrogens (tertiary/aromatic N) is 2. The van der Waals surface area contributed by atoms with Crippen LogP contribution in [0.3, 0.4) is 0 Å². The molecule has 0 aliphatic carbocycles. The number of carbonyl (C=O) groups is 3. The van der Waals surface area contributed by atoms with Crippen LogP contribution in [0, 0.1) is 11.8 Å². The zero-order valence-corrected chi connectivity index (χ0v) is 20.8. The Morgan fingerprint density at radius 1 is 1.11 bits per heavy atom. The predicted molar refractivity (Wildman–Crippen MR) is 136 cm³/mol. The lowest BCUT2D eigenvalue weighted by molar-refractivity contribution is -0.133. The van der Waals surface area contributed by atoms with Crippen LogP contribution in [-0.2, 0) is 16.0 Å². The van der Waals surface area contributed by atoms with Crippen molar-refractivity contribution in [3.05, 3.63) is 59.7 Å². The van der Waals surface area contributed by atoms with Crippen LogP contribution in [0.2, 0.25) is 0 Å². The molecular weight excluding hydrogens is 442 g/mol. The molecule has 186 valence electrons. The second-order valence-electron chi connectivity index (χ2n) is 9.96. The number of ether oxygens (including phenoxy) is 1. The molecule has 1 N–H and O–H groups in total. The van der Waals surface area contributed by atoms with Gasteiger partial charge in [0.2, 0.25) is 11.8 Å². The first-order valence-corrected chi connectivity index (χ1v) is 12.5. The van der Waals surface area contributed by atoms with Gasteiger partial charge in [-0.25, -0.2) is 0 Å². The molecule has 1 fully saturated rings. The Hall–Kier alpha value is -3.35. The standard InChI is InChI=1S/C28H35N3O4/c1-19(2)15-23-28(34)31(24-12-6-5-11-22(24)27(33)29-23)18-26(32)30-14-8-9-20(17-30)16-21-10-4-7-13-25(21)35-3/h4-7,10-13,19-20,23H,8-9,14-18H2,1-3H3,(H,29,33). The van der Waals surface area contributed by atoms with Crippen LogP contribution in [0.1, 0.15) is 49.0 Å². The van der Waals surface area contributed by atoms with Gasteiger partial charge in [0.25, 0.3) is 5.91 Å². The lowest BCUT2D eigenvalue weighted by Crippen LogP contribution is -2.51. The fourth-order valence-corrected chi connectivity index (χ4v) is 5.18. The Labute approximate surface area is 207 Å². The number of hydrogen-bond acceptors (Lipinski definition) is 4. The fourth-order valence-electron chi connectivity index (χ4n) is 5.18. The van der Waals surface area contributed by atoms with Crippen molar-refractivity contribution in [3.63, 3.8) is 0 Å². The van der Waals surface area contributed by atoms with E-state index in [0.717, 1.165) is 30.6 Å².